The quantitative estimate of drug-likeness (QED) is 0.375. The van der Waals surface area contributed by atoms with Crippen LogP contribution in [0.3, 0.4) is 0 Å². The Morgan fingerprint density at radius 2 is 1.94 bits per heavy atom. The Kier molecular flexibility index (Phi) is 4.03. The van der Waals surface area contributed by atoms with Gasteiger partial charge in [-0.05, 0) is 6.92 Å². The van der Waals surface area contributed by atoms with Crippen LogP contribution in [-0.4, -0.2) is 12.1 Å². The monoisotopic (exact) mass is 232 g/mol. The molecule has 1 aromatic carbocycles. The van der Waals surface area contributed by atoms with Crippen LogP contribution in [0, 0.1) is 18.3 Å². The van der Waals surface area contributed by atoms with Gasteiger partial charge in [0.05, 0.1) is 7.11 Å². The first-order valence-corrected chi connectivity index (χ1v) is 5.06. The van der Waals surface area contributed by atoms with Gasteiger partial charge < -0.3 is 10.5 Å². The Morgan fingerprint density at radius 3 is 2.31 bits per heavy atom. The summed E-state index contributed by atoms with van der Waals surface area (Å²) in [5, 5.41) is 8.96. The zero-order valence-electron chi connectivity index (χ0n) is 9.15. The van der Waals surface area contributed by atoms with Crippen LogP contribution in [0.15, 0.2) is 29.8 Å². The van der Waals surface area contributed by atoms with Gasteiger partial charge in [-0.1, -0.05) is 42.0 Å². The predicted octanol–water partition coefficient (Wildman–Crippen LogP) is 2.16. The van der Waals surface area contributed by atoms with Crippen LogP contribution in [0.2, 0.25) is 0 Å². The maximum absolute atomic E-state index is 8.96. The summed E-state index contributed by atoms with van der Waals surface area (Å²) in [7, 11) is 1.49. The summed E-state index contributed by atoms with van der Waals surface area (Å²) < 4.78 is 5.18. The third kappa shape index (κ3) is 2.59. The largest absolute Gasteiger partial charge is 0.495 e. The molecule has 0 amide bonds. The molecule has 0 atom stereocenters. The fraction of sp³-hybridized carbons (Fsp3) is 0.167. The summed E-state index contributed by atoms with van der Waals surface area (Å²) in [6.07, 6.45) is 0. The van der Waals surface area contributed by atoms with Gasteiger partial charge >= 0.3 is 0 Å². The Bertz CT molecular complexity index is 469. The Labute approximate surface area is 100 Å². The molecule has 0 unspecified atom stereocenters. The maximum atomic E-state index is 8.96. The highest BCUT2D eigenvalue weighted by atomic mass is 32.1. The molecule has 0 heterocycles. The summed E-state index contributed by atoms with van der Waals surface area (Å²) in [5.74, 6) is 0.412. The third-order valence-corrected chi connectivity index (χ3v) is 2.31. The molecule has 0 aliphatic rings. The smallest absolute Gasteiger partial charge is 0.146 e. The molecule has 16 heavy (non-hydrogen) atoms. The van der Waals surface area contributed by atoms with Crippen LogP contribution in [0.1, 0.15) is 11.1 Å². The normalized spacial score (nSPS) is 11.3. The molecule has 0 saturated heterocycles. The fourth-order valence-electron chi connectivity index (χ4n) is 1.29. The lowest BCUT2D eigenvalue weighted by Gasteiger charge is -2.08. The zero-order valence-corrected chi connectivity index (χ0v) is 9.97. The average Bonchev–Trinajstić information content (AvgIpc) is 2.26. The molecule has 0 aliphatic heterocycles. The third-order valence-electron chi connectivity index (χ3n) is 2.10. The van der Waals surface area contributed by atoms with Gasteiger partial charge in [-0.15, -0.1) is 0 Å². The first-order chi connectivity index (χ1) is 7.60. The van der Waals surface area contributed by atoms with Crippen LogP contribution >= 0.6 is 12.2 Å². The molecule has 0 saturated carbocycles. The van der Waals surface area contributed by atoms with E-state index in [9.17, 15) is 0 Å². The number of benzene rings is 1. The van der Waals surface area contributed by atoms with E-state index in [4.69, 9.17) is 28.0 Å². The van der Waals surface area contributed by atoms with Crippen molar-refractivity contribution in [3.63, 3.8) is 0 Å². The molecule has 1 rings (SSSR count). The van der Waals surface area contributed by atoms with Crippen molar-refractivity contribution in [1.29, 1.82) is 5.26 Å². The van der Waals surface area contributed by atoms with Gasteiger partial charge in [0.1, 0.15) is 22.4 Å². The van der Waals surface area contributed by atoms with E-state index in [-0.39, 0.29) is 10.6 Å². The van der Waals surface area contributed by atoms with Crippen molar-refractivity contribution in [3.05, 3.63) is 41.0 Å². The summed E-state index contributed by atoms with van der Waals surface area (Å²) in [4.78, 5) is 0.0416. The summed E-state index contributed by atoms with van der Waals surface area (Å²) >= 11 is 4.80. The summed E-state index contributed by atoms with van der Waals surface area (Å²) in [5.41, 5.74) is 7.58. The van der Waals surface area contributed by atoms with Crippen molar-refractivity contribution >= 4 is 23.0 Å². The van der Waals surface area contributed by atoms with Gasteiger partial charge in [-0.3, -0.25) is 0 Å². The van der Waals surface area contributed by atoms with E-state index in [1.54, 1.807) is 0 Å². The first-order valence-electron chi connectivity index (χ1n) is 4.65. The van der Waals surface area contributed by atoms with Crippen molar-refractivity contribution in [3.8, 4) is 6.07 Å². The number of aryl methyl sites for hydroxylation is 1. The van der Waals surface area contributed by atoms with E-state index in [1.807, 2.05) is 37.3 Å². The highest BCUT2D eigenvalue weighted by Crippen LogP contribution is 2.20. The highest BCUT2D eigenvalue weighted by Gasteiger charge is 2.11. The molecule has 4 heteroatoms. The number of nitrogens with two attached hydrogens (primary N) is 1. The van der Waals surface area contributed by atoms with Crippen molar-refractivity contribution in [2.75, 3.05) is 7.11 Å². The molecule has 0 spiro atoms. The Balaban J connectivity index is 3.32. The number of rotatable bonds is 3. The van der Waals surface area contributed by atoms with Gasteiger partial charge in [0.2, 0.25) is 0 Å². The van der Waals surface area contributed by atoms with Crippen LogP contribution in [0.25, 0.3) is 5.76 Å². The molecule has 0 aliphatic carbocycles. The minimum Gasteiger partial charge on any atom is -0.495 e. The number of ether oxygens (including phenoxy) is 1. The highest BCUT2D eigenvalue weighted by molar-refractivity contribution is 7.80. The predicted molar refractivity (Wildman–Crippen MR) is 67.5 cm³/mol. The van der Waals surface area contributed by atoms with Crippen molar-refractivity contribution < 1.29 is 4.74 Å². The van der Waals surface area contributed by atoms with E-state index in [1.165, 1.54) is 7.11 Å². The van der Waals surface area contributed by atoms with Crippen LogP contribution in [0.4, 0.5) is 0 Å². The van der Waals surface area contributed by atoms with Gasteiger partial charge in [-0.2, -0.15) is 5.26 Å². The number of hydrogen-bond donors (Lipinski definition) is 1. The van der Waals surface area contributed by atoms with Gasteiger partial charge in [0.15, 0.2) is 0 Å². The Hall–Kier alpha value is -1.86. The maximum Gasteiger partial charge on any atom is 0.146 e. The lowest BCUT2D eigenvalue weighted by molar-refractivity contribution is 0.369. The minimum absolute atomic E-state index is 0.0416. The first kappa shape index (κ1) is 12.2. The average molecular weight is 232 g/mol. The van der Waals surface area contributed by atoms with E-state index < -0.39 is 0 Å². The second-order valence-corrected chi connectivity index (χ2v) is 3.69. The topological polar surface area (TPSA) is 59.0 Å². The lowest BCUT2D eigenvalue weighted by Crippen LogP contribution is -2.12. The van der Waals surface area contributed by atoms with Crippen molar-refractivity contribution in [2.24, 2.45) is 5.73 Å². The van der Waals surface area contributed by atoms with Crippen molar-refractivity contribution in [2.45, 2.75) is 6.92 Å². The molecule has 3 nitrogen and oxygen atoms in total. The number of hydrogen-bond acceptors (Lipinski definition) is 3. The van der Waals surface area contributed by atoms with Crippen LogP contribution in [0.5, 0.6) is 0 Å². The van der Waals surface area contributed by atoms with Gasteiger partial charge in [0.25, 0.3) is 0 Å². The van der Waals surface area contributed by atoms with Crippen LogP contribution in [-0.2, 0) is 4.74 Å². The molecule has 0 bridgehead atoms. The van der Waals surface area contributed by atoms with Gasteiger partial charge in [0, 0.05) is 5.56 Å². The van der Waals surface area contributed by atoms with E-state index in [0.29, 0.717) is 5.76 Å². The Morgan fingerprint density at radius 1 is 1.38 bits per heavy atom. The second-order valence-electron chi connectivity index (χ2n) is 3.25. The molecular weight excluding hydrogens is 220 g/mol. The van der Waals surface area contributed by atoms with Crippen LogP contribution < -0.4 is 5.73 Å². The molecule has 82 valence electrons. The second kappa shape index (κ2) is 5.29. The number of methoxy groups -OCH3 is 1. The SMILES string of the molecule is CO/C(=C(\C#N)C(N)=S)c1ccc(C)cc1. The lowest BCUT2D eigenvalue weighted by atomic mass is 10.1. The molecule has 0 radical (unpaired) electrons. The van der Waals surface area contributed by atoms with Crippen molar-refractivity contribution in [1.82, 2.24) is 0 Å². The van der Waals surface area contributed by atoms with Gasteiger partial charge in [-0.25, -0.2) is 0 Å². The molecule has 0 fully saturated rings. The van der Waals surface area contributed by atoms with E-state index >= 15 is 0 Å². The zero-order chi connectivity index (χ0) is 12.1. The standard InChI is InChI=1S/C12H12N2OS/c1-8-3-5-9(6-4-8)11(15-2)10(7-13)12(14)16/h3-6H,1-2H3,(H2,14,16)/b11-10+. The minimum atomic E-state index is 0.0416. The van der Waals surface area contributed by atoms with E-state index in [0.717, 1.165) is 11.1 Å². The van der Waals surface area contributed by atoms with E-state index in [2.05, 4.69) is 0 Å². The molecular formula is C12H12N2OS. The molecule has 0 aromatic heterocycles. The summed E-state index contributed by atoms with van der Waals surface area (Å²) in [6, 6.07) is 9.55. The number of nitriles is 1. The molecule has 1 aromatic rings. The summed E-state index contributed by atoms with van der Waals surface area (Å²) in [6.45, 7) is 1.98. The molecule has 2 N–H and O–H groups in total. The number of nitrogens with zero attached hydrogens (tertiary/aromatic N) is 1. The fourth-order valence-corrected chi connectivity index (χ4v) is 1.43. The number of thiocarbonyl (C=S) groups is 1.